The molecule has 1 aliphatic heterocycles. The van der Waals surface area contributed by atoms with Crippen molar-refractivity contribution in [1.29, 1.82) is 0 Å². The average molecular weight is 476 g/mol. The highest BCUT2D eigenvalue weighted by atomic mass is 35.5. The molecule has 1 amide bonds. The number of hydrogen-bond acceptors (Lipinski definition) is 7. The number of benzene rings is 1. The Balaban J connectivity index is 1.52. The minimum atomic E-state index is -0.0917. The maximum absolute atomic E-state index is 12.7. The molecule has 7 nitrogen and oxygen atoms in total. The molecule has 0 bridgehead atoms. The van der Waals surface area contributed by atoms with Crippen LogP contribution in [0.15, 0.2) is 41.6 Å². The van der Waals surface area contributed by atoms with E-state index in [9.17, 15) is 9.59 Å². The molecule has 2 aromatic heterocycles. The van der Waals surface area contributed by atoms with Gasteiger partial charge in [0.05, 0.1) is 22.9 Å². The fourth-order valence-electron chi connectivity index (χ4n) is 3.35. The van der Waals surface area contributed by atoms with Crippen LogP contribution < -0.4 is 10.2 Å². The smallest absolute Gasteiger partial charge is 0.232 e. The van der Waals surface area contributed by atoms with Gasteiger partial charge >= 0.3 is 0 Å². The number of Topliss-reactive ketones (excluding diaryl/α,β-unsaturated/α-hetero) is 1. The molecule has 1 saturated heterocycles. The summed E-state index contributed by atoms with van der Waals surface area (Å²) in [5, 5.41) is 12.9. The first-order chi connectivity index (χ1) is 15.0. The quantitative estimate of drug-likeness (QED) is 0.388. The van der Waals surface area contributed by atoms with E-state index in [0.717, 1.165) is 42.4 Å². The normalized spacial score (nSPS) is 13.5. The molecule has 162 valence electrons. The van der Waals surface area contributed by atoms with Gasteiger partial charge in [0.25, 0.3) is 0 Å². The Bertz CT molecular complexity index is 1090. The number of nitrogens with one attached hydrogen (secondary N) is 1. The summed E-state index contributed by atoms with van der Waals surface area (Å²) in [7, 11) is 0. The van der Waals surface area contributed by atoms with Crippen molar-refractivity contribution in [3.63, 3.8) is 0 Å². The van der Waals surface area contributed by atoms with Gasteiger partial charge in [-0.3, -0.25) is 14.2 Å². The largest absolute Gasteiger partial charge is 0.351 e. The molecule has 0 radical (unpaired) electrons. The van der Waals surface area contributed by atoms with Gasteiger partial charge in [-0.1, -0.05) is 29.4 Å². The van der Waals surface area contributed by atoms with Crippen molar-refractivity contribution >= 4 is 52.3 Å². The second-order valence-corrected chi connectivity index (χ2v) is 9.73. The molecule has 1 N–H and O–H groups in total. The molecular weight excluding hydrogens is 454 g/mol. The first-order valence-electron chi connectivity index (χ1n) is 9.97. The van der Waals surface area contributed by atoms with E-state index in [4.69, 9.17) is 11.6 Å². The molecule has 31 heavy (non-hydrogen) atoms. The lowest BCUT2D eigenvalue weighted by Gasteiger charge is -2.18. The summed E-state index contributed by atoms with van der Waals surface area (Å²) in [5.41, 5.74) is 0.878. The molecule has 1 aliphatic rings. The Morgan fingerprint density at radius 2 is 2.00 bits per heavy atom. The fourth-order valence-corrected chi connectivity index (χ4v) is 5.35. The highest BCUT2D eigenvalue weighted by molar-refractivity contribution is 7.99. The minimum absolute atomic E-state index is 0.0208. The molecule has 10 heteroatoms. The molecule has 0 spiro atoms. The van der Waals surface area contributed by atoms with E-state index in [1.54, 1.807) is 0 Å². The number of anilines is 1. The van der Waals surface area contributed by atoms with E-state index in [0.29, 0.717) is 21.6 Å². The van der Waals surface area contributed by atoms with Gasteiger partial charge in [0, 0.05) is 29.9 Å². The zero-order chi connectivity index (χ0) is 21.8. The van der Waals surface area contributed by atoms with Crippen molar-refractivity contribution in [3.05, 3.63) is 51.2 Å². The van der Waals surface area contributed by atoms with Gasteiger partial charge < -0.3 is 10.2 Å². The third kappa shape index (κ3) is 5.28. The molecule has 0 aliphatic carbocycles. The zero-order valence-electron chi connectivity index (χ0n) is 17.0. The van der Waals surface area contributed by atoms with Crippen molar-refractivity contribution in [1.82, 2.24) is 20.1 Å². The van der Waals surface area contributed by atoms with Gasteiger partial charge in [-0.2, -0.15) is 0 Å². The van der Waals surface area contributed by atoms with E-state index >= 15 is 0 Å². The second kappa shape index (κ2) is 9.84. The Hall–Kier alpha value is -2.36. The van der Waals surface area contributed by atoms with Crippen LogP contribution in [-0.2, 0) is 11.3 Å². The second-order valence-electron chi connectivity index (χ2n) is 7.18. The maximum atomic E-state index is 12.7. The fraction of sp³-hybridized carbons (Fsp3) is 0.333. The van der Waals surface area contributed by atoms with E-state index in [1.807, 2.05) is 41.0 Å². The number of ketones is 1. The molecule has 4 rings (SSSR count). The van der Waals surface area contributed by atoms with Crippen molar-refractivity contribution in [2.75, 3.05) is 23.7 Å². The molecule has 0 unspecified atom stereocenters. The lowest BCUT2D eigenvalue weighted by Crippen LogP contribution is -2.22. The first kappa shape index (κ1) is 21.9. The number of carbonyl (C=O) groups excluding carboxylic acids is 2. The SMILES string of the molecule is CC(=O)NCc1ccc(C(=O)CSc2nnc(N3CCCC3)n2-c2cccc(Cl)c2)s1. The van der Waals surface area contributed by atoms with Crippen molar-refractivity contribution < 1.29 is 9.59 Å². The van der Waals surface area contributed by atoms with Crippen LogP contribution >= 0.6 is 34.7 Å². The molecule has 0 atom stereocenters. The monoisotopic (exact) mass is 475 g/mol. The Labute approximate surface area is 193 Å². The average Bonchev–Trinajstić information content (AvgIpc) is 3.50. The number of nitrogens with zero attached hydrogens (tertiary/aromatic N) is 4. The predicted molar refractivity (Wildman–Crippen MR) is 125 cm³/mol. The van der Waals surface area contributed by atoms with Crippen molar-refractivity contribution in [2.24, 2.45) is 0 Å². The topological polar surface area (TPSA) is 80.1 Å². The van der Waals surface area contributed by atoms with Gasteiger partial charge in [0.15, 0.2) is 10.9 Å². The van der Waals surface area contributed by atoms with Crippen LogP contribution in [0.5, 0.6) is 0 Å². The van der Waals surface area contributed by atoms with Gasteiger partial charge in [-0.25, -0.2) is 0 Å². The lowest BCUT2D eigenvalue weighted by molar-refractivity contribution is -0.119. The van der Waals surface area contributed by atoms with Crippen LogP contribution in [0.3, 0.4) is 0 Å². The first-order valence-corrected chi connectivity index (χ1v) is 12.1. The number of thioether (sulfide) groups is 1. The summed E-state index contributed by atoms with van der Waals surface area (Å²) in [5.74, 6) is 0.959. The summed E-state index contributed by atoms with van der Waals surface area (Å²) in [6.45, 7) is 3.79. The van der Waals surface area contributed by atoms with Crippen LogP contribution in [0.4, 0.5) is 5.95 Å². The molecule has 1 fully saturated rings. The van der Waals surface area contributed by atoms with Crippen molar-refractivity contribution in [2.45, 2.75) is 31.5 Å². The van der Waals surface area contributed by atoms with Gasteiger partial charge in [-0.05, 0) is 43.2 Å². The van der Waals surface area contributed by atoms with E-state index in [1.165, 1.54) is 30.0 Å². The predicted octanol–water partition coefficient (Wildman–Crippen LogP) is 4.19. The van der Waals surface area contributed by atoms with Gasteiger partial charge in [0.1, 0.15) is 0 Å². The van der Waals surface area contributed by atoms with Gasteiger partial charge in [-0.15, -0.1) is 21.5 Å². The number of aromatic nitrogens is 3. The number of carbonyl (C=O) groups is 2. The van der Waals surface area contributed by atoms with E-state index in [-0.39, 0.29) is 17.4 Å². The Kier molecular flexibility index (Phi) is 6.94. The summed E-state index contributed by atoms with van der Waals surface area (Å²) in [4.78, 5) is 27.7. The van der Waals surface area contributed by atoms with Crippen LogP contribution in [0.2, 0.25) is 5.02 Å². The van der Waals surface area contributed by atoms with Crippen LogP contribution in [0.1, 0.15) is 34.3 Å². The number of amides is 1. The number of rotatable bonds is 8. The Morgan fingerprint density at radius 1 is 1.19 bits per heavy atom. The molecule has 3 aromatic rings. The minimum Gasteiger partial charge on any atom is -0.351 e. The highest BCUT2D eigenvalue weighted by Gasteiger charge is 2.23. The summed E-state index contributed by atoms with van der Waals surface area (Å²) >= 11 is 8.99. The van der Waals surface area contributed by atoms with Crippen LogP contribution in [0.25, 0.3) is 5.69 Å². The molecular formula is C21H22ClN5O2S2. The summed E-state index contributed by atoms with van der Waals surface area (Å²) in [6, 6.07) is 11.3. The number of hydrogen-bond donors (Lipinski definition) is 1. The van der Waals surface area contributed by atoms with Crippen LogP contribution in [-0.4, -0.2) is 45.3 Å². The van der Waals surface area contributed by atoms with Crippen molar-refractivity contribution in [3.8, 4) is 5.69 Å². The summed E-state index contributed by atoms with van der Waals surface area (Å²) in [6.07, 6.45) is 2.26. The van der Waals surface area contributed by atoms with Crippen LogP contribution in [0, 0.1) is 0 Å². The third-order valence-corrected chi connectivity index (χ3v) is 7.14. The van der Waals surface area contributed by atoms with E-state index in [2.05, 4.69) is 20.4 Å². The highest BCUT2D eigenvalue weighted by Crippen LogP contribution is 2.30. The maximum Gasteiger partial charge on any atom is 0.232 e. The molecule has 1 aromatic carbocycles. The number of thiophene rings is 1. The van der Waals surface area contributed by atoms with Gasteiger partial charge in [0.2, 0.25) is 11.9 Å². The molecule has 3 heterocycles. The summed E-state index contributed by atoms with van der Waals surface area (Å²) < 4.78 is 1.98. The standard InChI is InChI=1S/C21H22ClN5O2S2/c1-14(28)23-12-17-7-8-19(31-17)18(29)13-30-21-25-24-20(26-9-2-3-10-26)27(21)16-6-4-5-15(22)11-16/h4-8,11H,2-3,9-10,12-13H2,1H3,(H,23,28). The Morgan fingerprint density at radius 3 is 2.74 bits per heavy atom. The third-order valence-electron chi connectivity index (χ3n) is 4.85. The zero-order valence-corrected chi connectivity index (χ0v) is 19.4. The van der Waals surface area contributed by atoms with E-state index < -0.39 is 0 Å². The molecule has 0 saturated carbocycles. The lowest BCUT2D eigenvalue weighted by atomic mass is 10.3. The number of halogens is 1.